The molecule has 2 heterocycles. The van der Waals surface area contributed by atoms with Crippen LogP contribution in [0.1, 0.15) is 40.0 Å². The number of likely N-dealkylation sites (tertiary alicyclic amines) is 1. The first-order chi connectivity index (χ1) is 13.0. The number of methoxy groups -OCH3 is 1. The summed E-state index contributed by atoms with van der Waals surface area (Å²) in [5.74, 6) is 1.00. The van der Waals surface area contributed by atoms with Gasteiger partial charge in [0, 0.05) is 17.8 Å². The Morgan fingerprint density at radius 3 is 2.56 bits per heavy atom. The fourth-order valence-electron chi connectivity index (χ4n) is 3.37. The maximum atomic E-state index is 12.9. The van der Waals surface area contributed by atoms with Gasteiger partial charge < -0.3 is 15.0 Å². The standard InChI is InChI=1S/C19H26N4O2S2/c1-12-6-5-7-13(2)23(12)17(24)14(3)26-19-22-21-18(27-19)20-15-8-10-16(25-4)11-9-15/h8-14H,5-7H2,1-4H3,(H,20,21)/t12-,13-,14-/m1/s1. The van der Waals surface area contributed by atoms with E-state index in [4.69, 9.17) is 4.74 Å². The van der Waals surface area contributed by atoms with Crippen molar-refractivity contribution in [3.63, 3.8) is 0 Å². The van der Waals surface area contributed by atoms with Crippen molar-refractivity contribution in [2.75, 3.05) is 12.4 Å². The van der Waals surface area contributed by atoms with Crippen molar-refractivity contribution in [1.29, 1.82) is 0 Å². The number of hydrogen-bond donors (Lipinski definition) is 1. The number of nitrogens with one attached hydrogen (secondary N) is 1. The van der Waals surface area contributed by atoms with Gasteiger partial charge in [0.05, 0.1) is 12.4 Å². The van der Waals surface area contributed by atoms with Gasteiger partial charge in [-0.15, -0.1) is 10.2 Å². The Labute approximate surface area is 168 Å². The van der Waals surface area contributed by atoms with Crippen LogP contribution in [-0.2, 0) is 4.79 Å². The summed E-state index contributed by atoms with van der Waals surface area (Å²) in [6.07, 6.45) is 3.37. The lowest BCUT2D eigenvalue weighted by Gasteiger charge is -2.40. The van der Waals surface area contributed by atoms with Gasteiger partial charge in [0.2, 0.25) is 11.0 Å². The Kier molecular flexibility index (Phi) is 6.59. The minimum absolute atomic E-state index is 0.171. The fourth-order valence-corrected chi connectivity index (χ4v) is 5.35. The second kappa shape index (κ2) is 8.93. The smallest absolute Gasteiger partial charge is 0.236 e. The van der Waals surface area contributed by atoms with Crippen molar-refractivity contribution in [2.24, 2.45) is 0 Å². The zero-order valence-corrected chi connectivity index (χ0v) is 17.8. The maximum absolute atomic E-state index is 12.9. The van der Waals surface area contributed by atoms with Crippen LogP contribution in [-0.4, -0.2) is 45.4 Å². The molecule has 8 heteroatoms. The first-order valence-electron chi connectivity index (χ1n) is 9.21. The highest BCUT2D eigenvalue weighted by atomic mass is 32.2. The van der Waals surface area contributed by atoms with E-state index in [1.165, 1.54) is 29.5 Å². The molecule has 1 aromatic carbocycles. The van der Waals surface area contributed by atoms with Gasteiger partial charge in [-0.3, -0.25) is 4.79 Å². The third-order valence-electron chi connectivity index (χ3n) is 4.82. The second-order valence-electron chi connectivity index (χ2n) is 6.86. The average molecular weight is 407 g/mol. The Balaban J connectivity index is 1.60. The molecule has 1 N–H and O–H groups in total. The third kappa shape index (κ3) is 4.93. The van der Waals surface area contributed by atoms with Gasteiger partial charge in [0.1, 0.15) is 5.75 Å². The molecule has 3 rings (SSSR count). The maximum Gasteiger partial charge on any atom is 0.236 e. The highest BCUT2D eigenvalue weighted by Crippen LogP contribution is 2.33. The van der Waals surface area contributed by atoms with Crippen molar-refractivity contribution in [3.05, 3.63) is 24.3 Å². The number of carbonyl (C=O) groups excluding carboxylic acids is 1. The van der Waals surface area contributed by atoms with Gasteiger partial charge in [0.15, 0.2) is 4.34 Å². The lowest BCUT2D eigenvalue weighted by molar-refractivity contribution is -0.136. The molecular weight excluding hydrogens is 380 g/mol. The lowest BCUT2D eigenvalue weighted by Crippen LogP contribution is -2.50. The molecule has 146 valence electrons. The number of amides is 1. The summed E-state index contributed by atoms with van der Waals surface area (Å²) in [5, 5.41) is 12.2. The van der Waals surface area contributed by atoms with E-state index in [0.717, 1.165) is 28.6 Å². The average Bonchev–Trinajstić information content (AvgIpc) is 3.09. The van der Waals surface area contributed by atoms with Crippen LogP contribution < -0.4 is 10.1 Å². The van der Waals surface area contributed by atoms with Crippen LogP contribution in [0, 0.1) is 0 Å². The summed E-state index contributed by atoms with van der Waals surface area (Å²) in [5.41, 5.74) is 0.920. The first kappa shape index (κ1) is 19.9. The molecule has 0 bridgehead atoms. The minimum atomic E-state index is -0.171. The number of thioether (sulfide) groups is 1. The number of hydrogen-bond acceptors (Lipinski definition) is 7. The minimum Gasteiger partial charge on any atom is -0.497 e. The Morgan fingerprint density at radius 2 is 1.93 bits per heavy atom. The molecule has 3 atom stereocenters. The van der Waals surface area contributed by atoms with E-state index in [-0.39, 0.29) is 11.2 Å². The van der Waals surface area contributed by atoms with E-state index in [1.807, 2.05) is 31.2 Å². The fraction of sp³-hybridized carbons (Fsp3) is 0.526. The molecule has 1 aromatic heterocycles. The third-order valence-corrected chi connectivity index (χ3v) is 6.83. The molecule has 1 fully saturated rings. The van der Waals surface area contributed by atoms with Gasteiger partial charge in [0.25, 0.3) is 0 Å². The quantitative estimate of drug-likeness (QED) is 0.709. The van der Waals surface area contributed by atoms with E-state index in [2.05, 4.69) is 34.3 Å². The second-order valence-corrected chi connectivity index (χ2v) is 9.43. The molecule has 1 saturated heterocycles. The molecule has 0 unspecified atom stereocenters. The van der Waals surface area contributed by atoms with Crippen molar-refractivity contribution in [2.45, 2.75) is 61.7 Å². The molecule has 27 heavy (non-hydrogen) atoms. The predicted octanol–water partition coefficient (Wildman–Crippen LogP) is 4.56. The van der Waals surface area contributed by atoms with Crippen LogP contribution in [0.2, 0.25) is 0 Å². The molecule has 2 aromatic rings. The van der Waals surface area contributed by atoms with Crippen LogP contribution in [0.5, 0.6) is 5.75 Å². The van der Waals surface area contributed by atoms with Crippen LogP contribution >= 0.6 is 23.1 Å². The predicted molar refractivity (Wildman–Crippen MR) is 111 cm³/mol. The SMILES string of the molecule is COc1ccc(Nc2nnc(S[C@H](C)C(=O)N3[C@H](C)CCC[C@H]3C)s2)cc1. The van der Waals surface area contributed by atoms with Crippen molar-refractivity contribution < 1.29 is 9.53 Å². The number of anilines is 2. The molecular formula is C19H26N4O2S2. The summed E-state index contributed by atoms with van der Waals surface area (Å²) in [6, 6.07) is 8.26. The van der Waals surface area contributed by atoms with Gasteiger partial charge in [-0.1, -0.05) is 23.1 Å². The van der Waals surface area contributed by atoms with Crippen molar-refractivity contribution >= 4 is 39.8 Å². The molecule has 0 aliphatic carbocycles. The van der Waals surface area contributed by atoms with Crippen molar-refractivity contribution in [1.82, 2.24) is 15.1 Å². The van der Waals surface area contributed by atoms with E-state index >= 15 is 0 Å². The summed E-state index contributed by atoms with van der Waals surface area (Å²) in [4.78, 5) is 15.0. The lowest BCUT2D eigenvalue weighted by atomic mass is 9.97. The monoisotopic (exact) mass is 406 g/mol. The summed E-state index contributed by atoms with van der Waals surface area (Å²) in [6.45, 7) is 6.25. The molecule has 0 spiro atoms. The summed E-state index contributed by atoms with van der Waals surface area (Å²) < 4.78 is 5.96. The molecule has 1 aliphatic rings. The molecule has 1 amide bonds. The highest BCUT2D eigenvalue weighted by Gasteiger charge is 2.32. The first-order valence-corrected chi connectivity index (χ1v) is 10.9. The Bertz CT molecular complexity index is 755. The van der Waals surface area contributed by atoms with Crippen LogP contribution in [0.25, 0.3) is 0 Å². The zero-order valence-electron chi connectivity index (χ0n) is 16.1. The molecule has 0 radical (unpaired) electrons. The topological polar surface area (TPSA) is 67.3 Å². The normalized spacial score (nSPS) is 21.0. The number of ether oxygens (including phenoxy) is 1. The summed E-state index contributed by atoms with van der Waals surface area (Å²) in [7, 11) is 1.64. The van der Waals surface area contributed by atoms with E-state index in [9.17, 15) is 4.79 Å². The molecule has 0 saturated carbocycles. The number of nitrogens with zero attached hydrogens (tertiary/aromatic N) is 3. The Morgan fingerprint density at radius 1 is 1.26 bits per heavy atom. The summed E-state index contributed by atoms with van der Waals surface area (Å²) >= 11 is 2.94. The largest absolute Gasteiger partial charge is 0.497 e. The number of aromatic nitrogens is 2. The van der Waals surface area contributed by atoms with E-state index in [1.54, 1.807) is 7.11 Å². The van der Waals surface area contributed by atoms with E-state index < -0.39 is 0 Å². The molecule has 6 nitrogen and oxygen atoms in total. The van der Waals surface area contributed by atoms with Crippen molar-refractivity contribution in [3.8, 4) is 5.75 Å². The van der Waals surface area contributed by atoms with Gasteiger partial charge in [-0.2, -0.15) is 0 Å². The van der Waals surface area contributed by atoms with Gasteiger partial charge in [-0.25, -0.2) is 0 Å². The highest BCUT2D eigenvalue weighted by molar-refractivity contribution is 8.02. The van der Waals surface area contributed by atoms with Crippen LogP contribution in [0.15, 0.2) is 28.6 Å². The number of benzene rings is 1. The zero-order chi connectivity index (χ0) is 19.4. The van der Waals surface area contributed by atoms with Crippen LogP contribution in [0.3, 0.4) is 0 Å². The van der Waals surface area contributed by atoms with Gasteiger partial charge in [-0.05, 0) is 64.3 Å². The number of rotatable bonds is 6. The van der Waals surface area contributed by atoms with Crippen LogP contribution in [0.4, 0.5) is 10.8 Å². The molecule has 1 aliphatic heterocycles. The number of piperidine rings is 1. The number of carbonyl (C=O) groups is 1. The Hall–Kier alpha value is -1.80. The van der Waals surface area contributed by atoms with Gasteiger partial charge >= 0.3 is 0 Å². The van der Waals surface area contributed by atoms with E-state index in [0.29, 0.717) is 17.2 Å².